The Kier molecular flexibility index (Phi) is 5.14. The van der Waals surface area contributed by atoms with Gasteiger partial charge in [-0.2, -0.15) is 0 Å². The highest BCUT2D eigenvalue weighted by Crippen LogP contribution is 2.34. The van der Waals surface area contributed by atoms with Gasteiger partial charge < -0.3 is 10.3 Å². The van der Waals surface area contributed by atoms with E-state index in [9.17, 15) is 9.18 Å². The van der Waals surface area contributed by atoms with Crippen molar-refractivity contribution in [1.82, 2.24) is 5.16 Å². The highest BCUT2D eigenvalue weighted by atomic mass is 32.1. The molecule has 1 amide bonds. The van der Waals surface area contributed by atoms with Crippen molar-refractivity contribution in [1.29, 1.82) is 0 Å². The van der Waals surface area contributed by atoms with Gasteiger partial charge in [-0.3, -0.25) is 4.79 Å². The second-order valence-corrected chi connectivity index (χ2v) is 6.84. The minimum Gasteiger partial charge on any atom is -0.365 e. The van der Waals surface area contributed by atoms with E-state index in [4.69, 9.17) is 10.3 Å². The minimum absolute atomic E-state index is 0.178. The van der Waals surface area contributed by atoms with Crippen molar-refractivity contribution < 1.29 is 13.7 Å². The van der Waals surface area contributed by atoms with Crippen LogP contribution in [-0.4, -0.2) is 11.1 Å². The Balaban J connectivity index is 0.000000236. The summed E-state index contributed by atoms with van der Waals surface area (Å²) in [7, 11) is 0. The van der Waals surface area contributed by atoms with E-state index in [0.717, 1.165) is 32.7 Å². The van der Waals surface area contributed by atoms with Crippen LogP contribution in [0.25, 0.3) is 21.4 Å². The van der Waals surface area contributed by atoms with Gasteiger partial charge in [0.25, 0.3) is 5.91 Å². The lowest BCUT2D eigenvalue weighted by Gasteiger charge is -2.02. The molecule has 0 bridgehead atoms. The summed E-state index contributed by atoms with van der Waals surface area (Å²) in [5, 5.41) is 4.98. The fourth-order valence-electron chi connectivity index (χ4n) is 2.51. The van der Waals surface area contributed by atoms with Gasteiger partial charge in [-0.05, 0) is 61.4 Å². The molecule has 132 valence electrons. The Morgan fingerprint density at radius 2 is 1.85 bits per heavy atom. The minimum atomic E-state index is -0.398. The summed E-state index contributed by atoms with van der Waals surface area (Å²) in [4.78, 5) is 12.7. The molecule has 2 heterocycles. The van der Waals surface area contributed by atoms with Gasteiger partial charge >= 0.3 is 0 Å². The molecule has 0 aliphatic heterocycles. The fourth-order valence-corrected chi connectivity index (χ4v) is 3.45. The van der Waals surface area contributed by atoms with Gasteiger partial charge in [0.15, 0.2) is 5.58 Å². The van der Waals surface area contributed by atoms with E-state index in [1.165, 1.54) is 23.5 Å². The number of carbonyl (C=O) groups is 1. The topological polar surface area (TPSA) is 69.1 Å². The summed E-state index contributed by atoms with van der Waals surface area (Å²) in [5.74, 6) is -0.576. The van der Waals surface area contributed by atoms with Crippen molar-refractivity contribution in [2.75, 3.05) is 0 Å². The third kappa shape index (κ3) is 3.81. The number of nitrogens with two attached hydrogens (primary N) is 1. The smallest absolute Gasteiger partial charge is 0.258 e. The molecule has 0 aliphatic carbocycles. The maximum atomic E-state index is 11.9. The van der Waals surface area contributed by atoms with Crippen molar-refractivity contribution in [3.05, 3.63) is 76.5 Å². The fraction of sp³-hybridized carbons (Fsp3) is 0.100. The van der Waals surface area contributed by atoms with E-state index >= 15 is 0 Å². The van der Waals surface area contributed by atoms with Gasteiger partial charge in [0, 0.05) is 10.3 Å². The zero-order valence-electron chi connectivity index (χ0n) is 14.3. The molecule has 2 aromatic carbocycles. The number of nitrogens with zero attached hydrogens (tertiary/aromatic N) is 1. The molecule has 2 N–H and O–H groups in total. The van der Waals surface area contributed by atoms with Gasteiger partial charge in [-0.1, -0.05) is 23.4 Å². The molecule has 0 atom stereocenters. The number of hydrogen-bond acceptors (Lipinski definition) is 4. The van der Waals surface area contributed by atoms with Crippen molar-refractivity contribution >= 4 is 28.2 Å². The summed E-state index contributed by atoms with van der Waals surface area (Å²) in [6.07, 6.45) is 0. The van der Waals surface area contributed by atoms with Crippen LogP contribution in [0.4, 0.5) is 4.39 Å². The Morgan fingerprint density at radius 3 is 2.42 bits per heavy atom. The maximum Gasteiger partial charge on any atom is 0.258 e. The third-order valence-corrected chi connectivity index (χ3v) is 4.98. The first-order valence-electron chi connectivity index (χ1n) is 7.93. The van der Waals surface area contributed by atoms with Crippen LogP contribution in [-0.2, 0) is 0 Å². The van der Waals surface area contributed by atoms with Gasteiger partial charge in [0.05, 0.1) is 10.6 Å². The summed E-state index contributed by atoms with van der Waals surface area (Å²) in [5.41, 5.74) is 9.08. The molecule has 26 heavy (non-hydrogen) atoms. The predicted octanol–water partition coefficient (Wildman–Crippen LogP) is 5.10. The summed E-state index contributed by atoms with van der Waals surface area (Å²) >= 11 is 1.39. The Bertz CT molecular complexity index is 1050. The highest BCUT2D eigenvalue weighted by Gasteiger charge is 2.12. The second kappa shape index (κ2) is 7.49. The average Bonchev–Trinajstić information content (AvgIpc) is 3.23. The first-order valence-corrected chi connectivity index (χ1v) is 8.74. The van der Waals surface area contributed by atoms with E-state index in [1.54, 1.807) is 24.3 Å². The number of halogens is 1. The molecule has 0 fully saturated rings. The van der Waals surface area contributed by atoms with Crippen LogP contribution in [0.3, 0.4) is 0 Å². The third-order valence-electron chi connectivity index (χ3n) is 3.84. The number of amides is 1. The first kappa shape index (κ1) is 17.8. The van der Waals surface area contributed by atoms with Crippen molar-refractivity contribution in [3.63, 3.8) is 0 Å². The zero-order valence-corrected chi connectivity index (χ0v) is 15.1. The number of benzene rings is 2. The van der Waals surface area contributed by atoms with Gasteiger partial charge in [0.1, 0.15) is 5.82 Å². The van der Waals surface area contributed by atoms with E-state index in [2.05, 4.69) is 11.2 Å². The van der Waals surface area contributed by atoms with Gasteiger partial charge in [-0.25, -0.2) is 4.39 Å². The highest BCUT2D eigenvalue weighted by molar-refractivity contribution is 7.17. The maximum absolute atomic E-state index is 11.9. The number of aryl methyl sites for hydroxylation is 2. The van der Waals surface area contributed by atoms with Gasteiger partial charge in [-0.15, -0.1) is 11.3 Å². The molecule has 0 spiro atoms. The molecule has 6 heteroatoms. The lowest BCUT2D eigenvalue weighted by molar-refractivity contribution is 0.100. The van der Waals surface area contributed by atoms with Crippen LogP contribution in [0.2, 0.25) is 0 Å². The van der Waals surface area contributed by atoms with E-state index in [-0.39, 0.29) is 5.82 Å². The van der Waals surface area contributed by atoms with Gasteiger partial charge in [0.2, 0.25) is 0 Å². The quantitative estimate of drug-likeness (QED) is 0.535. The molecule has 0 aliphatic rings. The van der Waals surface area contributed by atoms with Crippen LogP contribution in [0.1, 0.15) is 20.9 Å². The van der Waals surface area contributed by atoms with Crippen LogP contribution in [0.5, 0.6) is 0 Å². The summed E-state index contributed by atoms with van der Waals surface area (Å²) in [6, 6.07) is 15.6. The van der Waals surface area contributed by atoms with E-state index in [0.29, 0.717) is 4.88 Å². The molecule has 0 saturated heterocycles. The Morgan fingerprint density at radius 1 is 1.12 bits per heavy atom. The van der Waals surface area contributed by atoms with Crippen molar-refractivity contribution in [2.24, 2.45) is 5.73 Å². The molecule has 4 aromatic rings. The number of aromatic nitrogens is 1. The predicted molar refractivity (Wildman–Crippen MR) is 102 cm³/mol. The Hall–Kier alpha value is -2.99. The largest absolute Gasteiger partial charge is 0.365 e. The molecular formula is C20H17FN2O2S. The molecule has 2 aromatic heterocycles. The SMILES string of the molecule is Cc1cc2c(C)noc2cc1-c1ccc(C(N)=O)s1.Fc1ccccc1. The van der Waals surface area contributed by atoms with Crippen molar-refractivity contribution in [2.45, 2.75) is 13.8 Å². The molecule has 0 unspecified atom stereocenters. The average molecular weight is 368 g/mol. The molecule has 0 saturated carbocycles. The second-order valence-electron chi connectivity index (χ2n) is 5.75. The molecule has 0 radical (unpaired) electrons. The summed E-state index contributed by atoms with van der Waals surface area (Å²) < 4.78 is 17.2. The van der Waals surface area contributed by atoms with Crippen LogP contribution >= 0.6 is 11.3 Å². The number of fused-ring (bicyclic) bond motifs is 1. The molecule has 4 rings (SSSR count). The number of rotatable bonds is 2. The lowest BCUT2D eigenvalue weighted by atomic mass is 10.0. The molecular weight excluding hydrogens is 351 g/mol. The standard InChI is InChI=1S/C14H12N2O2S.C6H5F/c1-7-5-10-8(2)16-18-11(10)6-9(7)12-3-4-13(19-12)14(15)17;7-6-4-2-1-3-5-6/h3-6H,1-2H3,(H2,15,17);1-5H. The Labute approximate surface area is 154 Å². The lowest BCUT2D eigenvalue weighted by Crippen LogP contribution is -2.07. The number of carbonyl (C=O) groups excluding carboxylic acids is 1. The zero-order chi connectivity index (χ0) is 18.7. The van der Waals surface area contributed by atoms with E-state index in [1.807, 2.05) is 26.0 Å². The van der Waals surface area contributed by atoms with Crippen LogP contribution in [0, 0.1) is 19.7 Å². The number of thiophene rings is 1. The van der Waals surface area contributed by atoms with E-state index < -0.39 is 5.91 Å². The first-order chi connectivity index (χ1) is 12.5. The van der Waals surface area contributed by atoms with Crippen LogP contribution < -0.4 is 5.73 Å². The normalized spacial score (nSPS) is 10.4. The molecule has 4 nitrogen and oxygen atoms in total. The van der Waals surface area contributed by atoms with Crippen molar-refractivity contribution in [3.8, 4) is 10.4 Å². The number of hydrogen-bond donors (Lipinski definition) is 1. The number of primary amides is 1. The van der Waals surface area contributed by atoms with Crippen LogP contribution in [0.15, 0.2) is 59.1 Å². The summed E-state index contributed by atoms with van der Waals surface area (Å²) in [6.45, 7) is 3.95. The monoisotopic (exact) mass is 368 g/mol.